The van der Waals surface area contributed by atoms with E-state index in [4.69, 9.17) is 0 Å². The van der Waals surface area contributed by atoms with Crippen LogP contribution in [-0.2, 0) is 11.2 Å². The Labute approximate surface area is 143 Å². The average Bonchev–Trinajstić information content (AvgIpc) is 3.11. The fourth-order valence-electron chi connectivity index (χ4n) is 2.45. The van der Waals surface area contributed by atoms with Crippen LogP contribution >= 0.6 is 11.3 Å². The highest BCUT2D eigenvalue weighted by Crippen LogP contribution is 2.26. The predicted molar refractivity (Wildman–Crippen MR) is 93.3 cm³/mol. The van der Waals surface area contributed by atoms with Gasteiger partial charge in [0.2, 0.25) is 11.0 Å². The van der Waals surface area contributed by atoms with E-state index in [1.807, 2.05) is 39.0 Å². The SMILES string of the molecule is CC(C)c1nnc(NC(=O)N[C@H](C)c2ccc3c(c2)CC(=O)N3)s1. The minimum Gasteiger partial charge on any atom is -0.331 e. The number of fused-ring (bicyclic) bond motifs is 1. The minimum absolute atomic E-state index is 0.00210. The molecule has 1 aliphatic heterocycles. The highest BCUT2D eigenvalue weighted by atomic mass is 32.1. The Kier molecular flexibility index (Phi) is 4.48. The summed E-state index contributed by atoms with van der Waals surface area (Å²) < 4.78 is 0. The Morgan fingerprint density at radius 1 is 1.29 bits per heavy atom. The first-order valence-corrected chi connectivity index (χ1v) is 8.57. The summed E-state index contributed by atoms with van der Waals surface area (Å²) in [4.78, 5) is 23.5. The standard InChI is InChI=1S/C16H19N5O2S/c1-8(2)14-20-21-16(24-14)19-15(23)17-9(3)10-4-5-12-11(6-10)7-13(22)18-12/h4-6,8-9H,7H2,1-3H3,(H,18,22)(H2,17,19,21,23)/t9-/m1/s1. The molecule has 1 aliphatic rings. The second-order valence-electron chi connectivity index (χ2n) is 6.06. The number of benzene rings is 1. The molecule has 3 amide bonds. The van der Waals surface area contributed by atoms with Crippen molar-refractivity contribution in [1.82, 2.24) is 15.5 Å². The highest BCUT2D eigenvalue weighted by Gasteiger charge is 2.19. The van der Waals surface area contributed by atoms with Gasteiger partial charge in [-0.1, -0.05) is 37.3 Å². The van der Waals surface area contributed by atoms with Crippen molar-refractivity contribution < 1.29 is 9.59 Å². The van der Waals surface area contributed by atoms with E-state index in [9.17, 15) is 9.59 Å². The van der Waals surface area contributed by atoms with Crippen LogP contribution in [0.3, 0.4) is 0 Å². The molecule has 3 rings (SSSR count). The lowest BCUT2D eigenvalue weighted by molar-refractivity contribution is -0.115. The fraction of sp³-hybridized carbons (Fsp3) is 0.375. The quantitative estimate of drug-likeness (QED) is 0.793. The van der Waals surface area contributed by atoms with E-state index >= 15 is 0 Å². The van der Waals surface area contributed by atoms with Crippen molar-refractivity contribution in [1.29, 1.82) is 0 Å². The number of carbonyl (C=O) groups is 2. The normalized spacial score (nSPS) is 14.2. The molecule has 1 atom stereocenters. The molecule has 8 heteroatoms. The molecular formula is C16H19N5O2S. The van der Waals surface area contributed by atoms with Gasteiger partial charge in [0, 0.05) is 11.6 Å². The first kappa shape index (κ1) is 16.4. The molecule has 24 heavy (non-hydrogen) atoms. The summed E-state index contributed by atoms with van der Waals surface area (Å²) in [5.41, 5.74) is 2.74. The van der Waals surface area contributed by atoms with Crippen LogP contribution < -0.4 is 16.0 Å². The van der Waals surface area contributed by atoms with Crippen molar-refractivity contribution in [3.8, 4) is 0 Å². The van der Waals surface area contributed by atoms with E-state index < -0.39 is 0 Å². The maximum absolute atomic E-state index is 12.1. The molecule has 3 N–H and O–H groups in total. The fourth-order valence-corrected chi connectivity index (χ4v) is 3.19. The first-order valence-electron chi connectivity index (χ1n) is 7.76. The summed E-state index contributed by atoms with van der Waals surface area (Å²) in [5.74, 6) is 0.278. The topological polar surface area (TPSA) is 96.0 Å². The Bertz CT molecular complexity index is 787. The summed E-state index contributed by atoms with van der Waals surface area (Å²) in [6, 6.07) is 5.19. The van der Waals surface area contributed by atoms with Crippen molar-refractivity contribution >= 4 is 34.1 Å². The molecule has 2 aromatic rings. The first-order chi connectivity index (χ1) is 11.4. The molecule has 0 bridgehead atoms. The molecule has 0 unspecified atom stereocenters. The van der Waals surface area contributed by atoms with Gasteiger partial charge in [0.05, 0.1) is 12.5 Å². The predicted octanol–water partition coefficient (Wildman–Crippen LogP) is 3.04. The number of nitrogens with one attached hydrogen (secondary N) is 3. The molecule has 0 aliphatic carbocycles. The van der Waals surface area contributed by atoms with Crippen molar-refractivity contribution in [2.45, 2.75) is 39.2 Å². The Morgan fingerprint density at radius 2 is 2.08 bits per heavy atom. The third-order valence-electron chi connectivity index (χ3n) is 3.76. The zero-order valence-electron chi connectivity index (χ0n) is 13.7. The second-order valence-corrected chi connectivity index (χ2v) is 7.07. The largest absolute Gasteiger partial charge is 0.331 e. The molecule has 126 valence electrons. The number of hydrogen-bond donors (Lipinski definition) is 3. The van der Waals surface area contributed by atoms with E-state index in [-0.39, 0.29) is 23.9 Å². The Morgan fingerprint density at radius 3 is 2.79 bits per heavy atom. The van der Waals surface area contributed by atoms with Gasteiger partial charge >= 0.3 is 6.03 Å². The monoisotopic (exact) mass is 345 g/mol. The average molecular weight is 345 g/mol. The van der Waals surface area contributed by atoms with Gasteiger partial charge in [-0.2, -0.15) is 0 Å². The lowest BCUT2D eigenvalue weighted by Crippen LogP contribution is -2.31. The van der Waals surface area contributed by atoms with E-state index in [2.05, 4.69) is 26.1 Å². The number of rotatable bonds is 4. The van der Waals surface area contributed by atoms with E-state index in [1.54, 1.807) is 0 Å². The number of amides is 3. The molecule has 0 radical (unpaired) electrons. The highest BCUT2D eigenvalue weighted by molar-refractivity contribution is 7.15. The Balaban J connectivity index is 1.62. The third kappa shape index (κ3) is 3.53. The van der Waals surface area contributed by atoms with Crippen LogP contribution in [0.2, 0.25) is 0 Å². The van der Waals surface area contributed by atoms with Crippen LogP contribution in [0.15, 0.2) is 18.2 Å². The number of urea groups is 1. The van der Waals surface area contributed by atoms with Crippen LogP contribution in [0.5, 0.6) is 0 Å². The zero-order valence-corrected chi connectivity index (χ0v) is 14.5. The maximum atomic E-state index is 12.1. The summed E-state index contributed by atoms with van der Waals surface area (Å²) >= 11 is 1.37. The number of hydrogen-bond acceptors (Lipinski definition) is 5. The van der Waals surface area contributed by atoms with E-state index in [1.165, 1.54) is 11.3 Å². The van der Waals surface area contributed by atoms with E-state index in [0.717, 1.165) is 21.8 Å². The van der Waals surface area contributed by atoms with Crippen LogP contribution in [-0.4, -0.2) is 22.1 Å². The van der Waals surface area contributed by atoms with Gasteiger partial charge in [-0.25, -0.2) is 4.79 Å². The van der Waals surface area contributed by atoms with E-state index in [0.29, 0.717) is 11.6 Å². The zero-order chi connectivity index (χ0) is 17.3. The number of nitrogens with zero attached hydrogens (tertiary/aromatic N) is 2. The second kappa shape index (κ2) is 6.56. The molecule has 1 aromatic heterocycles. The molecule has 0 saturated heterocycles. The lowest BCUT2D eigenvalue weighted by Gasteiger charge is -2.15. The van der Waals surface area contributed by atoms with Gasteiger partial charge in [0.15, 0.2) is 0 Å². The summed E-state index contributed by atoms with van der Waals surface area (Å²) in [6.45, 7) is 5.95. The van der Waals surface area contributed by atoms with Crippen molar-refractivity contribution in [2.24, 2.45) is 0 Å². The van der Waals surface area contributed by atoms with Gasteiger partial charge < -0.3 is 10.6 Å². The number of aromatic nitrogens is 2. The van der Waals surface area contributed by atoms with Crippen LogP contribution in [0.25, 0.3) is 0 Å². The van der Waals surface area contributed by atoms with Crippen molar-refractivity contribution in [2.75, 3.05) is 10.6 Å². The van der Waals surface area contributed by atoms with Crippen LogP contribution in [0, 0.1) is 0 Å². The Hall–Kier alpha value is -2.48. The van der Waals surface area contributed by atoms with Crippen molar-refractivity contribution in [3.05, 3.63) is 34.3 Å². The van der Waals surface area contributed by atoms with Gasteiger partial charge in [0.1, 0.15) is 5.01 Å². The van der Waals surface area contributed by atoms with Gasteiger partial charge in [-0.3, -0.25) is 10.1 Å². The van der Waals surface area contributed by atoms with Gasteiger partial charge in [-0.05, 0) is 24.1 Å². The molecular weight excluding hydrogens is 326 g/mol. The number of carbonyl (C=O) groups excluding carboxylic acids is 2. The lowest BCUT2D eigenvalue weighted by atomic mass is 10.0. The third-order valence-corrected chi connectivity index (χ3v) is 4.90. The molecule has 0 fully saturated rings. The van der Waals surface area contributed by atoms with Gasteiger partial charge in [0.25, 0.3) is 0 Å². The molecule has 1 aromatic carbocycles. The molecule has 0 spiro atoms. The summed E-state index contributed by atoms with van der Waals surface area (Å²) in [5, 5.41) is 17.7. The molecule has 7 nitrogen and oxygen atoms in total. The smallest absolute Gasteiger partial charge is 0.321 e. The van der Waals surface area contributed by atoms with Crippen LogP contribution in [0.4, 0.5) is 15.6 Å². The van der Waals surface area contributed by atoms with Crippen LogP contribution in [0.1, 0.15) is 48.9 Å². The summed E-state index contributed by atoms with van der Waals surface area (Å²) in [6.07, 6.45) is 0.380. The molecule has 0 saturated carbocycles. The minimum atomic E-state index is -0.330. The summed E-state index contributed by atoms with van der Waals surface area (Å²) in [7, 11) is 0. The maximum Gasteiger partial charge on any atom is 0.321 e. The van der Waals surface area contributed by atoms with Gasteiger partial charge in [-0.15, -0.1) is 10.2 Å². The molecule has 2 heterocycles. The number of anilines is 2. The van der Waals surface area contributed by atoms with Crippen molar-refractivity contribution in [3.63, 3.8) is 0 Å².